The molecule has 0 aliphatic rings. The normalized spacial score (nSPS) is 10.7. The molecule has 0 aliphatic heterocycles. The summed E-state index contributed by atoms with van der Waals surface area (Å²) in [6.45, 7) is 6.61. The first kappa shape index (κ1) is 20.7. The third-order valence-corrected chi connectivity index (χ3v) is 5.11. The number of amides is 1. The SMILES string of the molecule is CCOC(=O)c1ccc(NC(=O)CSc2nnc(-c3ccoc3C)n2CC)cc1. The van der Waals surface area contributed by atoms with Gasteiger partial charge in [-0.05, 0) is 51.1 Å². The Morgan fingerprint density at radius 2 is 1.93 bits per heavy atom. The lowest BCUT2D eigenvalue weighted by atomic mass is 10.2. The van der Waals surface area contributed by atoms with Gasteiger partial charge in [-0.15, -0.1) is 10.2 Å². The van der Waals surface area contributed by atoms with Crippen LogP contribution in [0.1, 0.15) is 30.0 Å². The molecule has 0 radical (unpaired) electrons. The van der Waals surface area contributed by atoms with Gasteiger partial charge >= 0.3 is 5.97 Å². The molecule has 0 saturated heterocycles. The molecule has 0 bridgehead atoms. The Balaban J connectivity index is 1.60. The van der Waals surface area contributed by atoms with Crippen LogP contribution in [-0.4, -0.2) is 39.0 Å². The fourth-order valence-electron chi connectivity index (χ4n) is 2.73. The summed E-state index contributed by atoms with van der Waals surface area (Å²) in [5.41, 5.74) is 1.94. The number of nitrogens with one attached hydrogen (secondary N) is 1. The molecule has 0 atom stereocenters. The Hall–Kier alpha value is -3.07. The number of esters is 1. The fraction of sp³-hybridized carbons (Fsp3) is 0.300. The molecule has 3 aromatic rings. The molecule has 3 rings (SSSR count). The van der Waals surface area contributed by atoms with Gasteiger partial charge in [0.2, 0.25) is 5.91 Å². The van der Waals surface area contributed by atoms with Crippen molar-refractivity contribution in [3.8, 4) is 11.4 Å². The first-order chi connectivity index (χ1) is 14.0. The Bertz CT molecular complexity index is 994. The number of benzene rings is 1. The van der Waals surface area contributed by atoms with Crippen LogP contribution >= 0.6 is 11.8 Å². The molecule has 2 heterocycles. The van der Waals surface area contributed by atoms with Gasteiger partial charge in [0, 0.05) is 12.2 Å². The zero-order valence-electron chi connectivity index (χ0n) is 16.5. The minimum Gasteiger partial charge on any atom is -0.469 e. The average Bonchev–Trinajstić information content (AvgIpc) is 3.32. The van der Waals surface area contributed by atoms with E-state index in [1.807, 2.05) is 24.5 Å². The van der Waals surface area contributed by atoms with E-state index in [-0.39, 0.29) is 17.6 Å². The molecule has 152 valence electrons. The van der Waals surface area contributed by atoms with Crippen LogP contribution in [0.25, 0.3) is 11.4 Å². The number of ether oxygens (including phenoxy) is 1. The van der Waals surface area contributed by atoms with Crippen molar-refractivity contribution in [1.29, 1.82) is 0 Å². The Morgan fingerprint density at radius 3 is 2.55 bits per heavy atom. The van der Waals surface area contributed by atoms with Crippen molar-refractivity contribution in [1.82, 2.24) is 14.8 Å². The van der Waals surface area contributed by atoms with Gasteiger partial charge < -0.3 is 19.0 Å². The third-order valence-electron chi connectivity index (χ3n) is 4.14. The van der Waals surface area contributed by atoms with E-state index in [9.17, 15) is 9.59 Å². The van der Waals surface area contributed by atoms with Crippen LogP contribution in [0.2, 0.25) is 0 Å². The summed E-state index contributed by atoms with van der Waals surface area (Å²) < 4.78 is 12.2. The summed E-state index contributed by atoms with van der Waals surface area (Å²) >= 11 is 1.31. The minimum atomic E-state index is -0.386. The molecule has 1 aromatic carbocycles. The highest BCUT2D eigenvalue weighted by atomic mass is 32.2. The summed E-state index contributed by atoms with van der Waals surface area (Å²) in [5, 5.41) is 11.9. The molecule has 0 spiro atoms. The highest BCUT2D eigenvalue weighted by Gasteiger charge is 2.17. The van der Waals surface area contributed by atoms with E-state index in [0.717, 1.165) is 17.1 Å². The standard InChI is InChI=1S/C20H22N4O4S/c1-4-24-18(16-10-11-28-13(16)3)22-23-20(24)29-12-17(25)21-15-8-6-14(7-9-15)19(26)27-5-2/h6-11H,4-5,12H2,1-3H3,(H,21,25). The zero-order chi connectivity index (χ0) is 20.8. The highest BCUT2D eigenvalue weighted by Crippen LogP contribution is 2.27. The number of thioether (sulfide) groups is 1. The number of aromatic nitrogens is 3. The summed E-state index contributed by atoms with van der Waals surface area (Å²) in [5.74, 6) is 1.11. The Kier molecular flexibility index (Phi) is 6.71. The third kappa shape index (κ3) is 4.86. The van der Waals surface area contributed by atoms with Gasteiger partial charge in [0.25, 0.3) is 0 Å². The maximum absolute atomic E-state index is 12.3. The van der Waals surface area contributed by atoms with Gasteiger partial charge in [-0.1, -0.05) is 11.8 Å². The number of anilines is 1. The lowest BCUT2D eigenvalue weighted by Gasteiger charge is -2.08. The maximum Gasteiger partial charge on any atom is 0.338 e. The molecule has 2 aromatic heterocycles. The smallest absolute Gasteiger partial charge is 0.338 e. The molecular weight excluding hydrogens is 392 g/mol. The number of hydrogen-bond donors (Lipinski definition) is 1. The first-order valence-corrected chi connectivity index (χ1v) is 10.2. The van der Waals surface area contributed by atoms with Crippen LogP contribution in [0.15, 0.2) is 46.2 Å². The van der Waals surface area contributed by atoms with Crippen molar-refractivity contribution >= 4 is 29.3 Å². The summed E-state index contributed by atoms with van der Waals surface area (Å²) in [6.07, 6.45) is 1.62. The number of carbonyl (C=O) groups is 2. The second-order valence-electron chi connectivity index (χ2n) is 6.08. The van der Waals surface area contributed by atoms with E-state index >= 15 is 0 Å². The van der Waals surface area contributed by atoms with E-state index in [0.29, 0.717) is 29.6 Å². The van der Waals surface area contributed by atoms with Gasteiger partial charge in [0.1, 0.15) is 5.76 Å². The number of carbonyl (C=O) groups excluding carboxylic acids is 2. The molecule has 0 unspecified atom stereocenters. The average molecular weight is 414 g/mol. The predicted molar refractivity (Wildman–Crippen MR) is 110 cm³/mol. The van der Waals surface area contributed by atoms with Gasteiger partial charge in [-0.25, -0.2) is 4.79 Å². The molecule has 0 saturated carbocycles. The van der Waals surface area contributed by atoms with Crippen LogP contribution < -0.4 is 5.32 Å². The lowest BCUT2D eigenvalue weighted by molar-refractivity contribution is -0.113. The molecule has 1 N–H and O–H groups in total. The maximum atomic E-state index is 12.3. The summed E-state index contributed by atoms with van der Waals surface area (Å²) in [4.78, 5) is 24.0. The molecule has 0 aliphatic carbocycles. The van der Waals surface area contributed by atoms with Crippen LogP contribution in [0.5, 0.6) is 0 Å². The van der Waals surface area contributed by atoms with Gasteiger partial charge in [0.15, 0.2) is 11.0 Å². The summed E-state index contributed by atoms with van der Waals surface area (Å²) in [7, 11) is 0. The number of rotatable bonds is 8. The molecule has 8 nitrogen and oxygen atoms in total. The fourth-order valence-corrected chi connectivity index (χ4v) is 3.53. The molecule has 29 heavy (non-hydrogen) atoms. The van der Waals surface area contributed by atoms with Crippen molar-refractivity contribution in [2.45, 2.75) is 32.5 Å². The van der Waals surface area contributed by atoms with E-state index in [1.54, 1.807) is 37.5 Å². The number of aryl methyl sites for hydroxylation is 1. The van der Waals surface area contributed by atoms with Crippen LogP contribution in [0.3, 0.4) is 0 Å². The second-order valence-corrected chi connectivity index (χ2v) is 7.02. The number of hydrogen-bond acceptors (Lipinski definition) is 7. The van der Waals surface area contributed by atoms with E-state index in [1.165, 1.54) is 11.8 Å². The van der Waals surface area contributed by atoms with E-state index in [2.05, 4.69) is 15.5 Å². The van der Waals surface area contributed by atoms with Crippen molar-refractivity contribution in [3.63, 3.8) is 0 Å². The van der Waals surface area contributed by atoms with Gasteiger partial charge in [-0.2, -0.15) is 0 Å². The molecule has 9 heteroatoms. The molecule has 0 fully saturated rings. The van der Waals surface area contributed by atoms with Gasteiger partial charge in [-0.3, -0.25) is 4.79 Å². The van der Waals surface area contributed by atoms with Crippen LogP contribution in [0, 0.1) is 6.92 Å². The van der Waals surface area contributed by atoms with Crippen molar-refractivity contribution in [2.24, 2.45) is 0 Å². The van der Waals surface area contributed by atoms with Crippen LogP contribution in [0.4, 0.5) is 5.69 Å². The van der Waals surface area contributed by atoms with Crippen molar-refractivity contribution < 1.29 is 18.7 Å². The second kappa shape index (κ2) is 9.42. The van der Waals surface area contributed by atoms with E-state index in [4.69, 9.17) is 9.15 Å². The molecule has 1 amide bonds. The van der Waals surface area contributed by atoms with E-state index < -0.39 is 0 Å². The van der Waals surface area contributed by atoms with Crippen molar-refractivity contribution in [3.05, 3.63) is 47.9 Å². The number of furan rings is 1. The topological polar surface area (TPSA) is 99.2 Å². The monoisotopic (exact) mass is 414 g/mol. The zero-order valence-corrected chi connectivity index (χ0v) is 17.3. The van der Waals surface area contributed by atoms with Crippen molar-refractivity contribution in [2.75, 3.05) is 17.7 Å². The summed E-state index contributed by atoms with van der Waals surface area (Å²) in [6, 6.07) is 8.43. The largest absolute Gasteiger partial charge is 0.469 e. The first-order valence-electron chi connectivity index (χ1n) is 9.21. The highest BCUT2D eigenvalue weighted by molar-refractivity contribution is 7.99. The quantitative estimate of drug-likeness (QED) is 0.442. The number of nitrogens with zero attached hydrogens (tertiary/aromatic N) is 3. The minimum absolute atomic E-state index is 0.175. The predicted octanol–water partition coefficient (Wildman–Crippen LogP) is 3.77. The lowest BCUT2D eigenvalue weighted by Crippen LogP contribution is -2.15. The Labute approximate surface area is 172 Å². The van der Waals surface area contributed by atoms with Gasteiger partial charge in [0.05, 0.1) is 29.7 Å². The Morgan fingerprint density at radius 1 is 1.17 bits per heavy atom. The van der Waals surface area contributed by atoms with Crippen LogP contribution in [-0.2, 0) is 16.1 Å². The molecular formula is C20H22N4O4S.